The molecule has 5 nitrogen and oxygen atoms in total. The lowest BCUT2D eigenvalue weighted by Gasteiger charge is -2.06. The van der Waals surface area contributed by atoms with Gasteiger partial charge in [-0.1, -0.05) is 22.0 Å². The van der Waals surface area contributed by atoms with E-state index < -0.39 is 4.92 Å². The highest BCUT2D eigenvalue weighted by Crippen LogP contribution is 2.20. The van der Waals surface area contributed by atoms with E-state index in [-0.39, 0.29) is 11.6 Å². The van der Waals surface area contributed by atoms with Gasteiger partial charge in [0.25, 0.3) is 11.6 Å². The molecule has 0 aromatic heterocycles. The van der Waals surface area contributed by atoms with Crippen molar-refractivity contribution in [2.45, 2.75) is 6.92 Å². The largest absolute Gasteiger partial charge is 0.322 e. The quantitative estimate of drug-likeness (QED) is 0.683. The third-order valence-corrected chi connectivity index (χ3v) is 3.23. The molecule has 0 saturated heterocycles. The van der Waals surface area contributed by atoms with E-state index >= 15 is 0 Å². The SMILES string of the molecule is Cc1cc(C(=O)Nc2cccc(Br)c2)ccc1[N+](=O)[O-]. The first kappa shape index (κ1) is 14.2. The predicted molar refractivity (Wildman–Crippen MR) is 79.9 cm³/mol. The molecule has 1 N–H and O–H groups in total. The summed E-state index contributed by atoms with van der Waals surface area (Å²) in [6.07, 6.45) is 0. The Bertz CT molecular complexity index is 686. The summed E-state index contributed by atoms with van der Waals surface area (Å²) < 4.78 is 0.857. The zero-order valence-electron chi connectivity index (χ0n) is 10.6. The first-order valence-corrected chi connectivity index (χ1v) is 6.58. The number of carbonyl (C=O) groups is 1. The molecule has 2 aromatic carbocycles. The van der Waals surface area contributed by atoms with Gasteiger partial charge in [0.1, 0.15) is 0 Å². The van der Waals surface area contributed by atoms with Gasteiger partial charge in [-0.15, -0.1) is 0 Å². The number of hydrogen-bond acceptors (Lipinski definition) is 3. The maximum Gasteiger partial charge on any atom is 0.272 e. The van der Waals surface area contributed by atoms with Crippen LogP contribution in [0.25, 0.3) is 0 Å². The van der Waals surface area contributed by atoms with Gasteiger partial charge >= 0.3 is 0 Å². The fourth-order valence-corrected chi connectivity index (χ4v) is 2.17. The van der Waals surface area contributed by atoms with Crippen LogP contribution in [0.2, 0.25) is 0 Å². The Morgan fingerprint density at radius 3 is 2.60 bits per heavy atom. The minimum Gasteiger partial charge on any atom is -0.322 e. The number of anilines is 1. The van der Waals surface area contributed by atoms with E-state index in [4.69, 9.17) is 0 Å². The number of amides is 1. The minimum absolute atomic E-state index is 0.00371. The molecule has 0 atom stereocenters. The number of rotatable bonds is 3. The maximum absolute atomic E-state index is 12.1. The normalized spacial score (nSPS) is 10.1. The Morgan fingerprint density at radius 2 is 2.00 bits per heavy atom. The monoisotopic (exact) mass is 334 g/mol. The molecule has 0 aliphatic carbocycles. The van der Waals surface area contributed by atoms with E-state index in [1.54, 1.807) is 25.1 Å². The number of nitro groups is 1. The van der Waals surface area contributed by atoms with Crippen molar-refractivity contribution >= 4 is 33.2 Å². The van der Waals surface area contributed by atoms with Crippen LogP contribution in [0.4, 0.5) is 11.4 Å². The summed E-state index contributed by atoms with van der Waals surface area (Å²) in [6.45, 7) is 1.61. The van der Waals surface area contributed by atoms with Crippen molar-refractivity contribution < 1.29 is 9.72 Å². The summed E-state index contributed by atoms with van der Waals surface area (Å²) in [4.78, 5) is 22.3. The van der Waals surface area contributed by atoms with Crippen LogP contribution in [-0.4, -0.2) is 10.8 Å². The van der Waals surface area contributed by atoms with Gasteiger partial charge in [0.2, 0.25) is 0 Å². The van der Waals surface area contributed by atoms with Crippen LogP contribution in [0, 0.1) is 17.0 Å². The van der Waals surface area contributed by atoms with Crippen molar-refractivity contribution in [2.24, 2.45) is 0 Å². The average molecular weight is 335 g/mol. The summed E-state index contributed by atoms with van der Waals surface area (Å²) in [5, 5.41) is 13.5. The molecule has 0 aliphatic heterocycles. The Labute approximate surface area is 123 Å². The minimum atomic E-state index is -0.467. The molecule has 0 fully saturated rings. The second-order valence-corrected chi connectivity index (χ2v) is 5.14. The van der Waals surface area contributed by atoms with E-state index in [0.717, 1.165) is 4.47 Å². The Hall–Kier alpha value is -2.21. The predicted octanol–water partition coefficient (Wildman–Crippen LogP) is 3.92. The van der Waals surface area contributed by atoms with Crippen LogP contribution >= 0.6 is 15.9 Å². The van der Waals surface area contributed by atoms with Crippen LogP contribution in [0.5, 0.6) is 0 Å². The smallest absolute Gasteiger partial charge is 0.272 e. The number of nitro benzene ring substituents is 1. The summed E-state index contributed by atoms with van der Waals surface area (Å²) in [5.41, 5.74) is 1.49. The van der Waals surface area contributed by atoms with E-state index in [2.05, 4.69) is 21.2 Å². The second-order valence-electron chi connectivity index (χ2n) is 4.22. The van der Waals surface area contributed by atoms with Crippen LogP contribution < -0.4 is 5.32 Å². The van der Waals surface area contributed by atoms with E-state index in [1.807, 2.05) is 6.07 Å². The van der Waals surface area contributed by atoms with Gasteiger partial charge in [-0.2, -0.15) is 0 Å². The first-order valence-electron chi connectivity index (χ1n) is 5.79. The van der Waals surface area contributed by atoms with Gasteiger partial charge in [-0.3, -0.25) is 14.9 Å². The topological polar surface area (TPSA) is 72.2 Å². The number of aryl methyl sites for hydroxylation is 1. The molecule has 0 unspecified atom stereocenters. The zero-order chi connectivity index (χ0) is 14.7. The third-order valence-electron chi connectivity index (χ3n) is 2.74. The zero-order valence-corrected chi connectivity index (χ0v) is 12.2. The molecular weight excluding hydrogens is 324 g/mol. The van der Waals surface area contributed by atoms with Gasteiger partial charge < -0.3 is 5.32 Å². The Kier molecular flexibility index (Phi) is 4.14. The molecule has 102 valence electrons. The van der Waals surface area contributed by atoms with Crippen LogP contribution in [-0.2, 0) is 0 Å². The molecule has 0 aliphatic rings. The average Bonchev–Trinajstić information content (AvgIpc) is 2.38. The van der Waals surface area contributed by atoms with Gasteiger partial charge in [0.05, 0.1) is 4.92 Å². The maximum atomic E-state index is 12.1. The highest BCUT2D eigenvalue weighted by Gasteiger charge is 2.13. The number of nitrogens with one attached hydrogen (secondary N) is 1. The van der Waals surface area contributed by atoms with Gasteiger partial charge in [0, 0.05) is 27.4 Å². The van der Waals surface area contributed by atoms with Crippen molar-refractivity contribution in [1.29, 1.82) is 0 Å². The number of nitrogens with zero attached hydrogens (tertiary/aromatic N) is 1. The summed E-state index contributed by atoms with van der Waals surface area (Å²) in [6, 6.07) is 11.5. The van der Waals surface area contributed by atoms with Gasteiger partial charge in [-0.25, -0.2) is 0 Å². The molecule has 0 bridgehead atoms. The molecule has 2 aromatic rings. The van der Waals surface area contributed by atoms with E-state index in [9.17, 15) is 14.9 Å². The number of benzene rings is 2. The Balaban J connectivity index is 2.22. The number of carbonyl (C=O) groups excluding carboxylic acids is 1. The van der Waals surface area contributed by atoms with Crippen molar-refractivity contribution in [3.8, 4) is 0 Å². The van der Waals surface area contributed by atoms with Crippen molar-refractivity contribution in [2.75, 3.05) is 5.32 Å². The summed E-state index contributed by atoms with van der Waals surface area (Å²) in [5.74, 6) is -0.305. The fraction of sp³-hybridized carbons (Fsp3) is 0.0714. The lowest BCUT2D eigenvalue weighted by Crippen LogP contribution is -2.12. The molecule has 2 rings (SSSR count). The first-order chi connectivity index (χ1) is 9.47. The third kappa shape index (κ3) is 3.21. The molecule has 0 spiro atoms. The highest BCUT2D eigenvalue weighted by molar-refractivity contribution is 9.10. The fourth-order valence-electron chi connectivity index (χ4n) is 1.77. The van der Waals surface area contributed by atoms with Crippen LogP contribution in [0.3, 0.4) is 0 Å². The summed E-state index contributed by atoms with van der Waals surface area (Å²) in [7, 11) is 0. The standard InChI is InChI=1S/C14H11BrN2O3/c1-9-7-10(5-6-13(9)17(19)20)14(18)16-12-4-2-3-11(15)8-12/h2-8H,1H3,(H,16,18). The van der Waals surface area contributed by atoms with E-state index in [1.165, 1.54) is 18.2 Å². The second kappa shape index (κ2) is 5.83. The van der Waals surface area contributed by atoms with E-state index in [0.29, 0.717) is 16.8 Å². The molecule has 0 heterocycles. The van der Waals surface area contributed by atoms with Crippen molar-refractivity contribution in [1.82, 2.24) is 0 Å². The molecular formula is C14H11BrN2O3. The Morgan fingerprint density at radius 1 is 1.25 bits per heavy atom. The summed E-state index contributed by atoms with van der Waals surface area (Å²) >= 11 is 3.32. The van der Waals surface area contributed by atoms with Crippen molar-refractivity contribution in [3.05, 3.63) is 68.2 Å². The molecule has 1 amide bonds. The number of halogens is 1. The molecule has 20 heavy (non-hydrogen) atoms. The lowest BCUT2D eigenvalue weighted by atomic mass is 10.1. The van der Waals surface area contributed by atoms with Gasteiger partial charge in [-0.05, 0) is 37.3 Å². The molecule has 0 radical (unpaired) electrons. The van der Waals surface area contributed by atoms with Crippen molar-refractivity contribution in [3.63, 3.8) is 0 Å². The van der Waals surface area contributed by atoms with Crippen LogP contribution in [0.15, 0.2) is 46.9 Å². The lowest BCUT2D eigenvalue weighted by molar-refractivity contribution is -0.385. The highest BCUT2D eigenvalue weighted by atomic mass is 79.9. The molecule has 0 saturated carbocycles. The number of hydrogen-bond donors (Lipinski definition) is 1. The van der Waals surface area contributed by atoms with Gasteiger partial charge in [0.15, 0.2) is 0 Å². The van der Waals surface area contributed by atoms with Crippen LogP contribution in [0.1, 0.15) is 15.9 Å². The molecule has 6 heteroatoms.